The Morgan fingerprint density at radius 2 is 1.85 bits per heavy atom. The molecule has 1 amide bonds. The second-order valence-electron chi connectivity index (χ2n) is 5.19. The number of rotatable bonds is 4. The summed E-state index contributed by atoms with van der Waals surface area (Å²) in [6.45, 7) is 0. The maximum Gasteiger partial charge on any atom is 0.275 e. The zero-order valence-electron chi connectivity index (χ0n) is 13.2. The van der Waals surface area contributed by atoms with Crippen LogP contribution in [0.2, 0.25) is 0 Å². The molecule has 0 saturated carbocycles. The van der Waals surface area contributed by atoms with Gasteiger partial charge in [-0.3, -0.25) is 4.79 Å². The lowest BCUT2D eigenvalue weighted by atomic mass is 10.2. The van der Waals surface area contributed by atoms with Gasteiger partial charge in [-0.2, -0.15) is 5.26 Å². The van der Waals surface area contributed by atoms with Gasteiger partial charge < -0.3 is 10.6 Å². The van der Waals surface area contributed by atoms with Gasteiger partial charge in [-0.15, -0.1) is 0 Å². The number of benzene rings is 2. The molecule has 8 heteroatoms. The fraction of sp³-hybridized carbons (Fsp3) is 0. The number of carbonyl (C=O) groups is 1. The number of amides is 1. The van der Waals surface area contributed by atoms with Gasteiger partial charge in [0.25, 0.3) is 5.91 Å². The summed E-state index contributed by atoms with van der Waals surface area (Å²) in [6, 6.07) is 11.7. The topological polar surface area (TPSA) is 90.7 Å². The van der Waals surface area contributed by atoms with Crippen molar-refractivity contribution in [3.8, 4) is 6.07 Å². The van der Waals surface area contributed by atoms with Gasteiger partial charge in [0.15, 0.2) is 11.6 Å². The van der Waals surface area contributed by atoms with Crippen molar-refractivity contribution >= 4 is 23.1 Å². The van der Waals surface area contributed by atoms with Crippen molar-refractivity contribution in [2.24, 2.45) is 0 Å². The van der Waals surface area contributed by atoms with Crippen molar-refractivity contribution in [2.75, 3.05) is 10.6 Å². The molecule has 0 fully saturated rings. The average Bonchev–Trinajstić information content (AvgIpc) is 2.65. The largest absolute Gasteiger partial charge is 0.339 e. The maximum absolute atomic E-state index is 13.2. The van der Waals surface area contributed by atoms with E-state index in [1.165, 1.54) is 24.5 Å². The summed E-state index contributed by atoms with van der Waals surface area (Å²) in [4.78, 5) is 20.2. The zero-order valence-corrected chi connectivity index (χ0v) is 13.2. The first-order chi connectivity index (χ1) is 12.5. The van der Waals surface area contributed by atoms with Crippen LogP contribution in [-0.4, -0.2) is 15.9 Å². The predicted molar refractivity (Wildman–Crippen MR) is 90.8 cm³/mol. The van der Waals surface area contributed by atoms with Crippen LogP contribution in [0, 0.1) is 23.0 Å². The number of carbonyl (C=O) groups excluding carboxylic acids is 1. The van der Waals surface area contributed by atoms with Crippen molar-refractivity contribution in [3.63, 3.8) is 0 Å². The maximum atomic E-state index is 13.2. The number of anilines is 3. The van der Waals surface area contributed by atoms with E-state index >= 15 is 0 Å². The number of nitriles is 1. The van der Waals surface area contributed by atoms with Crippen LogP contribution in [0.3, 0.4) is 0 Å². The first kappa shape index (κ1) is 17.0. The van der Waals surface area contributed by atoms with Crippen molar-refractivity contribution < 1.29 is 13.6 Å². The number of aromatic nitrogens is 2. The fourth-order valence-corrected chi connectivity index (χ4v) is 2.09. The molecule has 2 N–H and O–H groups in total. The molecule has 1 aromatic heterocycles. The highest BCUT2D eigenvalue weighted by atomic mass is 19.2. The second-order valence-corrected chi connectivity index (χ2v) is 5.19. The molecule has 128 valence electrons. The molecule has 1 heterocycles. The molecule has 0 radical (unpaired) electrons. The lowest BCUT2D eigenvalue weighted by Gasteiger charge is -2.07. The second kappa shape index (κ2) is 7.36. The Bertz CT molecular complexity index is 999. The number of nitrogens with zero attached hydrogens (tertiary/aromatic N) is 3. The summed E-state index contributed by atoms with van der Waals surface area (Å²) in [5.41, 5.74) is 1.23. The molecule has 0 aliphatic carbocycles. The summed E-state index contributed by atoms with van der Waals surface area (Å²) < 4.78 is 26.1. The van der Waals surface area contributed by atoms with Gasteiger partial charge in [-0.05, 0) is 30.3 Å². The molecule has 0 saturated heterocycles. The third kappa shape index (κ3) is 3.96. The lowest BCUT2D eigenvalue weighted by molar-refractivity contribution is 0.102. The van der Waals surface area contributed by atoms with E-state index in [4.69, 9.17) is 5.26 Å². The van der Waals surface area contributed by atoms with Gasteiger partial charge in [0, 0.05) is 17.4 Å². The minimum atomic E-state index is -0.987. The molecule has 0 spiro atoms. The van der Waals surface area contributed by atoms with Crippen molar-refractivity contribution in [1.29, 1.82) is 5.26 Å². The highest BCUT2D eigenvalue weighted by Crippen LogP contribution is 2.17. The quantitative estimate of drug-likeness (QED) is 0.749. The molecule has 0 atom stereocenters. The van der Waals surface area contributed by atoms with Crippen LogP contribution in [-0.2, 0) is 0 Å². The number of halogens is 2. The Labute approximate surface area is 147 Å². The van der Waals surface area contributed by atoms with Crippen molar-refractivity contribution in [1.82, 2.24) is 9.97 Å². The van der Waals surface area contributed by atoms with Gasteiger partial charge in [-0.1, -0.05) is 6.07 Å². The normalized spacial score (nSPS) is 10.0. The van der Waals surface area contributed by atoms with E-state index in [0.29, 0.717) is 16.9 Å². The average molecular weight is 351 g/mol. The lowest BCUT2D eigenvalue weighted by Crippen LogP contribution is -2.14. The van der Waals surface area contributed by atoms with Crippen LogP contribution in [0.25, 0.3) is 0 Å². The highest BCUT2D eigenvalue weighted by molar-refractivity contribution is 6.02. The van der Waals surface area contributed by atoms with Crippen LogP contribution in [0.4, 0.5) is 26.0 Å². The van der Waals surface area contributed by atoms with Crippen molar-refractivity contribution in [3.05, 3.63) is 77.8 Å². The monoisotopic (exact) mass is 351 g/mol. The van der Waals surface area contributed by atoms with Crippen LogP contribution in [0.15, 0.2) is 54.9 Å². The van der Waals surface area contributed by atoms with Gasteiger partial charge >= 0.3 is 0 Å². The Hall–Kier alpha value is -3.86. The molecule has 3 aromatic rings. The summed E-state index contributed by atoms with van der Waals surface area (Å²) in [6.07, 6.45) is 2.54. The molecule has 3 rings (SSSR count). The van der Waals surface area contributed by atoms with Crippen LogP contribution in [0.1, 0.15) is 16.1 Å². The van der Waals surface area contributed by atoms with Crippen LogP contribution < -0.4 is 10.6 Å². The molecular weight excluding hydrogens is 340 g/mol. The van der Waals surface area contributed by atoms with Crippen molar-refractivity contribution in [2.45, 2.75) is 0 Å². The number of hydrogen-bond donors (Lipinski definition) is 2. The predicted octanol–water partition coefficient (Wildman–Crippen LogP) is 3.62. The third-order valence-electron chi connectivity index (χ3n) is 3.33. The fourth-order valence-electron chi connectivity index (χ4n) is 2.09. The highest BCUT2D eigenvalue weighted by Gasteiger charge is 2.09. The van der Waals surface area contributed by atoms with E-state index in [-0.39, 0.29) is 11.5 Å². The number of nitrogens with one attached hydrogen (secondary N) is 2. The molecule has 6 nitrogen and oxygen atoms in total. The van der Waals surface area contributed by atoms with E-state index in [2.05, 4.69) is 20.6 Å². The smallest absolute Gasteiger partial charge is 0.275 e. The van der Waals surface area contributed by atoms with Crippen LogP contribution >= 0.6 is 0 Å². The molecular formula is C18H11F2N5O. The van der Waals surface area contributed by atoms with Crippen LogP contribution in [0.5, 0.6) is 0 Å². The first-order valence-electron chi connectivity index (χ1n) is 7.41. The summed E-state index contributed by atoms with van der Waals surface area (Å²) >= 11 is 0. The Morgan fingerprint density at radius 3 is 2.54 bits per heavy atom. The summed E-state index contributed by atoms with van der Waals surface area (Å²) in [7, 11) is 0. The van der Waals surface area contributed by atoms with Gasteiger partial charge in [0.1, 0.15) is 11.5 Å². The molecule has 0 bridgehead atoms. The van der Waals surface area contributed by atoms with E-state index < -0.39 is 17.5 Å². The standard InChI is InChI=1S/C18H11F2N5O/c19-14-5-4-13(7-15(14)20)24-17-10-22-16(9-23-17)18(26)25-12-3-1-2-11(6-12)8-21/h1-7,9-10H,(H,23,24)(H,25,26). The minimum Gasteiger partial charge on any atom is -0.339 e. The van der Waals surface area contributed by atoms with Gasteiger partial charge in [0.05, 0.1) is 24.0 Å². The van der Waals surface area contributed by atoms with Gasteiger partial charge in [-0.25, -0.2) is 18.7 Å². The minimum absolute atomic E-state index is 0.0585. The Kier molecular flexibility index (Phi) is 4.80. The summed E-state index contributed by atoms with van der Waals surface area (Å²) in [5, 5.41) is 14.2. The summed E-state index contributed by atoms with van der Waals surface area (Å²) in [5.74, 6) is -2.17. The zero-order chi connectivity index (χ0) is 18.5. The van der Waals surface area contributed by atoms with E-state index in [0.717, 1.165) is 12.1 Å². The Balaban J connectivity index is 1.69. The first-order valence-corrected chi connectivity index (χ1v) is 7.41. The molecule has 2 aromatic carbocycles. The SMILES string of the molecule is N#Cc1cccc(NC(=O)c2cnc(Nc3ccc(F)c(F)c3)cn2)c1. The molecule has 0 aliphatic rings. The van der Waals surface area contributed by atoms with E-state index in [1.807, 2.05) is 6.07 Å². The molecule has 26 heavy (non-hydrogen) atoms. The van der Waals surface area contributed by atoms with E-state index in [1.54, 1.807) is 18.2 Å². The molecule has 0 aliphatic heterocycles. The number of hydrogen-bond acceptors (Lipinski definition) is 5. The van der Waals surface area contributed by atoms with Gasteiger partial charge in [0.2, 0.25) is 0 Å². The third-order valence-corrected chi connectivity index (χ3v) is 3.33. The molecule has 0 unspecified atom stereocenters. The van der Waals surface area contributed by atoms with E-state index in [9.17, 15) is 13.6 Å². The Morgan fingerprint density at radius 1 is 1.00 bits per heavy atom.